The van der Waals surface area contributed by atoms with Crippen molar-refractivity contribution in [2.75, 3.05) is 26.0 Å². The topological polar surface area (TPSA) is 47.6 Å². The van der Waals surface area contributed by atoms with Crippen LogP contribution in [0.5, 0.6) is 0 Å². The third kappa shape index (κ3) is 5.32. The Morgan fingerprint density at radius 1 is 1.63 bits per heavy atom. The van der Waals surface area contributed by atoms with Crippen molar-refractivity contribution in [3.8, 4) is 0 Å². The van der Waals surface area contributed by atoms with E-state index in [0.29, 0.717) is 11.4 Å². The Morgan fingerprint density at radius 3 is 2.89 bits per heavy atom. The highest BCUT2D eigenvalue weighted by atomic mass is 32.2. The van der Waals surface area contributed by atoms with E-state index in [9.17, 15) is 4.79 Å². The van der Waals surface area contributed by atoms with Crippen LogP contribution < -0.4 is 5.32 Å². The molecule has 1 rings (SSSR count). The zero-order valence-corrected chi connectivity index (χ0v) is 13.3. The Morgan fingerprint density at radius 2 is 2.37 bits per heavy atom. The number of likely N-dealkylation sites (N-methyl/N-ethyl adjacent to an activating group) is 1. The Labute approximate surface area is 121 Å². The van der Waals surface area contributed by atoms with Gasteiger partial charge in [0.1, 0.15) is 5.54 Å². The lowest BCUT2D eigenvalue weighted by atomic mass is 9.96. The number of carbonyl (C=O) groups is 1. The average molecular weight is 289 g/mol. The molecule has 0 bridgehead atoms. The fourth-order valence-corrected chi connectivity index (χ4v) is 3.78. The minimum Gasteiger partial charge on any atom is -0.468 e. The standard InChI is InChI=1S/C14H27NO3S/c1-5-15-14(3,13(16)17-4)9-11(2)19-10-12-7-6-8-18-12/h11-12,15H,5-10H2,1-4H3. The molecule has 4 nitrogen and oxygen atoms in total. The molecule has 0 amide bonds. The van der Waals surface area contributed by atoms with Gasteiger partial charge in [0.05, 0.1) is 13.2 Å². The van der Waals surface area contributed by atoms with Gasteiger partial charge in [-0.05, 0) is 32.7 Å². The Hall–Kier alpha value is -0.260. The molecule has 19 heavy (non-hydrogen) atoms. The lowest BCUT2D eigenvalue weighted by molar-refractivity contribution is -0.148. The second-order valence-electron chi connectivity index (χ2n) is 5.34. The fraction of sp³-hybridized carbons (Fsp3) is 0.929. The first-order chi connectivity index (χ1) is 9.01. The fourth-order valence-electron chi connectivity index (χ4n) is 2.52. The van der Waals surface area contributed by atoms with Gasteiger partial charge in [0.2, 0.25) is 0 Å². The van der Waals surface area contributed by atoms with Crippen LogP contribution in [0.3, 0.4) is 0 Å². The molecule has 0 radical (unpaired) electrons. The molecule has 1 fully saturated rings. The average Bonchev–Trinajstić information content (AvgIpc) is 2.88. The van der Waals surface area contributed by atoms with Crippen LogP contribution in [-0.4, -0.2) is 48.9 Å². The summed E-state index contributed by atoms with van der Waals surface area (Å²) in [7, 11) is 1.45. The maximum atomic E-state index is 11.9. The van der Waals surface area contributed by atoms with Gasteiger partial charge in [0.25, 0.3) is 0 Å². The van der Waals surface area contributed by atoms with Gasteiger partial charge < -0.3 is 14.8 Å². The zero-order valence-electron chi connectivity index (χ0n) is 12.5. The quantitative estimate of drug-likeness (QED) is 0.694. The SMILES string of the molecule is CCNC(C)(CC(C)SCC1CCCO1)C(=O)OC. The number of hydrogen-bond donors (Lipinski definition) is 1. The highest BCUT2D eigenvalue weighted by Gasteiger charge is 2.35. The molecule has 0 aromatic rings. The summed E-state index contributed by atoms with van der Waals surface area (Å²) >= 11 is 1.88. The number of esters is 1. The van der Waals surface area contributed by atoms with Crippen molar-refractivity contribution in [3.05, 3.63) is 0 Å². The number of hydrogen-bond acceptors (Lipinski definition) is 5. The molecular formula is C14H27NO3S. The molecule has 112 valence electrons. The van der Waals surface area contributed by atoms with Gasteiger partial charge in [-0.25, -0.2) is 0 Å². The maximum Gasteiger partial charge on any atom is 0.325 e. The van der Waals surface area contributed by atoms with Crippen molar-refractivity contribution >= 4 is 17.7 Å². The predicted octanol–water partition coefficient (Wildman–Crippen LogP) is 2.22. The predicted molar refractivity (Wildman–Crippen MR) is 79.6 cm³/mol. The number of nitrogens with one attached hydrogen (secondary N) is 1. The van der Waals surface area contributed by atoms with E-state index in [-0.39, 0.29) is 5.97 Å². The summed E-state index contributed by atoms with van der Waals surface area (Å²) in [5.74, 6) is 0.837. The molecule has 1 N–H and O–H groups in total. The molecule has 0 aromatic carbocycles. The van der Waals surface area contributed by atoms with Gasteiger partial charge in [-0.15, -0.1) is 0 Å². The highest BCUT2D eigenvalue weighted by Crippen LogP contribution is 2.26. The van der Waals surface area contributed by atoms with E-state index >= 15 is 0 Å². The first-order valence-corrected chi connectivity index (χ1v) is 8.13. The van der Waals surface area contributed by atoms with Crippen LogP contribution >= 0.6 is 11.8 Å². The van der Waals surface area contributed by atoms with E-state index in [2.05, 4.69) is 12.2 Å². The molecular weight excluding hydrogens is 262 g/mol. The van der Waals surface area contributed by atoms with Gasteiger partial charge in [0, 0.05) is 17.6 Å². The molecule has 1 heterocycles. The van der Waals surface area contributed by atoms with Crippen LogP contribution in [0.25, 0.3) is 0 Å². The lowest BCUT2D eigenvalue weighted by Gasteiger charge is -2.30. The first-order valence-electron chi connectivity index (χ1n) is 7.08. The van der Waals surface area contributed by atoms with Gasteiger partial charge in [-0.3, -0.25) is 4.79 Å². The van der Waals surface area contributed by atoms with Crippen molar-refractivity contribution in [1.82, 2.24) is 5.32 Å². The van der Waals surface area contributed by atoms with Crippen LogP contribution in [0.15, 0.2) is 0 Å². The number of carbonyl (C=O) groups excluding carboxylic acids is 1. The number of methoxy groups -OCH3 is 1. The van der Waals surface area contributed by atoms with Gasteiger partial charge in [-0.1, -0.05) is 13.8 Å². The smallest absolute Gasteiger partial charge is 0.325 e. The molecule has 5 heteroatoms. The summed E-state index contributed by atoms with van der Waals surface area (Å²) in [5.41, 5.74) is -0.591. The van der Waals surface area contributed by atoms with E-state index in [0.717, 1.165) is 25.3 Å². The van der Waals surface area contributed by atoms with Crippen LogP contribution in [0.2, 0.25) is 0 Å². The molecule has 0 saturated carbocycles. The highest BCUT2D eigenvalue weighted by molar-refractivity contribution is 7.99. The zero-order chi connectivity index (χ0) is 14.3. The first kappa shape index (κ1) is 16.8. The third-order valence-corrected chi connectivity index (χ3v) is 4.79. The summed E-state index contributed by atoms with van der Waals surface area (Å²) in [6.45, 7) is 7.75. The lowest BCUT2D eigenvalue weighted by Crippen LogP contribution is -2.51. The molecule has 1 aliphatic rings. The van der Waals surface area contributed by atoms with E-state index in [1.54, 1.807) is 0 Å². The maximum absolute atomic E-state index is 11.9. The Bertz CT molecular complexity index is 282. The molecule has 1 saturated heterocycles. The van der Waals surface area contributed by atoms with Crippen LogP contribution in [0.1, 0.15) is 40.0 Å². The van der Waals surface area contributed by atoms with Crippen molar-refractivity contribution in [3.63, 3.8) is 0 Å². The van der Waals surface area contributed by atoms with Crippen LogP contribution in [0, 0.1) is 0 Å². The van der Waals surface area contributed by atoms with E-state index in [1.807, 2.05) is 25.6 Å². The normalized spacial score (nSPS) is 23.9. The summed E-state index contributed by atoms with van der Waals surface area (Å²) < 4.78 is 10.5. The molecule has 0 aliphatic carbocycles. The summed E-state index contributed by atoms with van der Waals surface area (Å²) in [6.07, 6.45) is 3.51. The summed E-state index contributed by atoms with van der Waals surface area (Å²) in [6, 6.07) is 0. The molecule has 0 aromatic heterocycles. The van der Waals surface area contributed by atoms with Gasteiger partial charge in [0.15, 0.2) is 0 Å². The van der Waals surface area contributed by atoms with Crippen molar-refractivity contribution in [2.24, 2.45) is 0 Å². The van der Waals surface area contributed by atoms with Gasteiger partial charge >= 0.3 is 5.97 Å². The number of thioether (sulfide) groups is 1. The minimum absolute atomic E-state index is 0.182. The largest absolute Gasteiger partial charge is 0.468 e. The molecule has 1 aliphatic heterocycles. The summed E-state index contributed by atoms with van der Waals surface area (Å²) in [5, 5.41) is 3.65. The molecule has 0 spiro atoms. The second-order valence-corrected chi connectivity index (χ2v) is 6.81. The van der Waals surface area contributed by atoms with E-state index in [1.165, 1.54) is 20.0 Å². The van der Waals surface area contributed by atoms with E-state index in [4.69, 9.17) is 9.47 Å². The van der Waals surface area contributed by atoms with Gasteiger partial charge in [-0.2, -0.15) is 11.8 Å². The minimum atomic E-state index is -0.591. The number of ether oxygens (including phenoxy) is 2. The number of rotatable bonds is 8. The third-order valence-electron chi connectivity index (χ3n) is 3.49. The molecule has 3 unspecified atom stereocenters. The van der Waals surface area contributed by atoms with Crippen LogP contribution in [-0.2, 0) is 14.3 Å². The monoisotopic (exact) mass is 289 g/mol. The van der Waals surface area contributed by atoms with Crippen molar-refractivity contribution in [2.45, 2.75) is 56.9 Å². The van der Waals surface area contributed by atoms with Crippen molar-refractivity contribution < 1.29 is 14.3 Å². The Balaban J connectivity index is 2.41. The Kier molecular flexibility index (Phi) is 7.18. The molecule has 3 atom stereocenters. The van der Waals surface area contributed by atoms with Crippen LogP contribution in [0.4, 0.5) is 0 Å². The second kappa shape index (κ2) is 8.12. The van der Waals surface area contributed by atoms with Crippen molar-refractivity contribution in [1.29, 1.82) is 0 Å². The van der Waals surface area contributed by atoms with E-state index < -0.39 is 5.54 Å². The summed E-state index contributed by atoms with van der Waals surface area (Å²) in [4.78, 5) is 11.9.